The van der Waals surface area contributed by atoms with Crippen molar-refractivity contribution in [1.29, 1.82) is 0 Å². The first-order valence-electron chi connectivity index (χ1n) is 5.46. The van der Waals surface area contributed by atoms with Gasteiger partial charge in [-0.3, -0.25) is 9.69 Å². The topological polar surface area (TPSA) is 49.6 Å². The average molecular weight is 197 g/mol. The van der Waals surface area contributed by atoms with Gasteiger partial charge in [0.2, 0.25) is 5.91 Å². The fraction of sp³-hybridized carbons (Fsp3) is 0.900. The van der Waals surface area contributed by atoms with Crippen LogP contribution in [-0.4, -0.2) is 54.0 Å². The summed E-state index contributed by atoms with van der Waals surface area (Å²) in [4.78, 5) is 15.9. The molecular formula is C10H19N3O. The van der Waals surface area contributed by atoms with Crippen molar-refractivity contribution in [3.05, 3.63) is 0 Å². The van der Waals surface area contributed by atoms with Crippen molar-refractivity contribution in [3.8, 4) is 0 Å². The molecule has 0 bridgehead atoms. The number of hydrogen-bond donors (Lipinski definition) is 1. The highest BCUT2D eigenvalue weighted by molar-refractivity contribution is 5.78. The van der Waals surface area contributed by atoms with E-state index in [4.69, 9.17) is 5.73 Å². The van der Waals surface area contributed by atoms with E-state index < -0.39 is 0 Å². The van der Waals surface area contributed by atoms with Crippen LogP contribution in [0, 0.1) is 0 Å². The molecule has 2 unspecified atom stereocenters. The van der Waals surface area contributed by atoms with Crippen molar-refractivity contribution >= 4 is 5.91 Å². The van der Waals surface area contributed by atoms with Gasteiger partial charge in [-0.2, -0.15) is 0 Å². The Labute approximate surface area is 85.0 Å². The maximum Gasteiger partial charge on any atom is 0.222 e. The molecule has 2 atom stereocenters. The lowest BCUT2D eigenvalue weighted by molar-refractivity contribution is -0.130. The van der Waals surface area contributed by atoms with Gasteiger partial charge >= 0.3 is 0 Å². The van der Waals surface area contributed by atoms with Crippen LogP contribution in [0.15, 0.2) is 0 Å². The Morgan fingerprint density at radius 1 is 1.57 bits per heavy atom. The second-order valence-electron chi connectivity index (χ2n) is 4.36. The number of hydrogen-bond acceptors (Lipinski definition) is 3. The molecule has 0 spiro atoms. The molecule has 0 aromatic carbocycles. The highest BCUT2D eigenvalue weighted by atomic mass is 16.2. The van der Waals surface area contributed by atoms with E-state index in [1.165, 1.54) is 0 Å². The van der Waals surface area contributed by atoms with E-state index in [0.717, 1.165) is 32.5 Å². The third kappa shape index (κ3) is 1.64. The molecule has 2 aliphatic rings. The molecule has 1 amide bonds. The fourth-order valence-electron chi connectivity index (χ4n) is 2.44. The van der Waals surface area contributed by atoms with E-state index in [2.05, 4.69) is 11.8 Å². The van der Waals surface area contributed by atoms with Crippen molar-refractivity contribution in [2.45, 2.75) is 31.8 Å². The summed E-state index contributed by atoms with van der Waals surface area (Å²) in [6, 6.07) is 0.915. The summed E-state index contributed by atoms with van der Waals surface area (Å²) in [6.45, 7) is 5.77. The van der Waals surface area contributed by atoms with Gasteiger partial charge in [0.05, 0.1) is 0 Å². The van der Waals surface area contributed by atoms with Crippen molar-refractivity contribution in [2.24, 2.45) is 5.73 Å². The molecule has 2 aliphatic heterocycles. The predicted molar refractivity (Wildman–Crippen MR) is 54.8 cm³/mol. The predicted octanol–water partition coefficient (Wildman–Crippen LogP) is -0.360. The zero-order valence-electron chi connectivity index (χ0n) is 8.78. The number of nitrogens with two attached hydrogens (primary N) is 1. The van der Waals surface area contributed by atoms with Gasteiger partial charge in [0.25, 0.3) is 0 Å². The van der Waals surface area contributed by atoms with E-state index in [9.17, 15) is 4.79 Å². The van der Waals surface area contributed by atoms with Crippen molar-refractivity contribution < 1.29 is 4.79 Å². The second kappa shape index (κ2) is 3.87. The molecule has 0 aliphatic carbocycles. The monoisotopic (exact) mass is 197 g/mol. The first-order valence-corrected chi connectivity index (χ1v) is 5.46. The molecule has 14 heavy (non-hydrogen) atoms. The first kappa shape index (κ1) is 9.93. The number of nitrogens with zero attached hydrogens (tertiary/aromatic N) is 2. The number of carbonyl (C=O) groups is 1. The van der Waals surface area contributed by atoms with Gasteiger partial charge in [-0.15, -0.1) is 0 Å². The molecule has 0 saturated carbocycles. The van der Waals surface area contributed by atoms with Gasteiger partial charge < -0.3 is 10.6 Å². The first-order chi connectivity index (χ1) is 6.72. The van der Waals surface area contributed by atoms with Crippen LogP contribution in [0.25, 0.3) is 0 Å². The number of rotatable bonds is 2. The Hall–Kier alpha value is -0.610. The standard InChI is InChI=1S/C10H19N3O/c1-8(6-11)12-4-5-13-9(7-12)2-3-10(13)14/h8-9H,2-7,11H2,1H3. The molecular weight excluding hydrogens is 178 g/mol. The van der Waals surface area contributed by atoms with Gasteiger partial charge in [-0.1, -0.05) is 0 Å². The normalized spacial score (nSPS) is 30.6. The molecule has 80 valence electrons. The van der Waals surface area contributed by atoms with E-state index in [0.29, 0.717) is 24.5 Å². The number of carbonyl (C=O) groups excluding carboxylic acids is 1. The van der Waals surface area contributed by atoms with Crippen LogP contribution in [0.5, 0.6) is 0 Å². The summed E-state index contributed by atoms with van der Waals surface area (Å²) in [5.41, 5.74) is 5.65. The number of amides is 1. The maximum absolute atomic E-state index is 11.4. The maximum atomic E-state index is 11.4. The number of fused-ring (bicyclic) bond motifs is 1. The minimum Gasteiger partial charge on any atom is -0.337 e. The van der Waals surface area contributed by atoms with Crippen molar-refractivity contribution in [1.82, 2.24) is 9.80 Å². The molecule has 0 aromatic rings. The fourth-order valence-corrected chi connectivity index (χ4v) is 2.44. The molecule has 0 radical (unpaired) electrons. The Bertz CT molecular complexity index is 231. The lowest BCUT2D eigenvalue weighted by atomic mass is 10.1. The highest BCUT2D eigenvalue weighted by Crippen LogP contribution is 2.23. The van der Waals surface area contributed by atoms with Crippen LogP contribution in [0.2, 0.25) is 0 Å². The van der Waals surface area contributed by atoms with Crippen molar-refractivity contribution in [3.63, 3.8) is 0 Å². The Balaban J connectivity index is 1.95. The zero-order chi connectivity index (χ0) is 10.1. The van der Waals surface area contributed by atoms with E-state index >= 15 is 0 Å². The summed E-state index contributed by atoms with van der Waals surface area (Å²) < 4.78 is 0. The van der Waals surface area contributed by atoms with Gasteiger partial charge in [-0.05, 0) is 13.3 Å². The van der Waals surface area contributed by atoms with E-state index in [1.54, 1.807) is 0 Å². The zero-order valence-corrected chi connectivity index (χ0v) is 8.78. The number of piperazine rings is 1. The van der Waals surface area contributed by atoms with Gasteiger partial charge in [0.1, 0.15) is 0 Å². The molecule has 2 heterocycles. The Kier molecular flexibility index (Phi) is 2.74. The van der Waals surface area contributed by atoms with Crippen LogP contribution in [0.3, 0.4) is 0 Å². The van der Waals surface area contributed by atoms with E-state index in [1.807, 2.05) is 4.90 Å². The molecule has 4 nitrogen and oxygen atoms in total. The minimum absolute atomic E-state index is 0.343. The van der Waals surface area contributed by atoms with Crippen LogP contribution >= 0.6 is 0 Å². The Morgan fingerprint density at radius 3 is 3.07 bits per heavy atom. The Morgan fingerprint density at radius 2 is 2.36 bits per heavy atom. The van der Waals surface area contributed by atoms with Gasteiger partial charge in [0, 0.05) is 44.7 Å². The summed E-state index contributed by atoms with van der Waals surface area (Å²) >= 11 is 0. The summed E-state index contributed by atoms with van der Waals surface area (Å²) in [6.07, 6.45) is 1.78. The molecule has 2 N–H and O–H groups in total. The SMILES string of the molecule is CC(CN)N1CCN2C(=O)CCC2C1. The highest BCUT2D eigenvalue weighted by Gasteiger charge is 2.36. The largest absolute Gasteiger partial charge is 0.337 e. The van der Waals surface area contributed by atoms with Crippen LogP contribution in [0.1, 0.15) is 19.8 Å². The molecule has 2 fully saturated rings. The second-order valence-corrected chi connectivity index (χ2v) is 4.36. The third-order valence-electron chi connectivity index (χ3n) is 3.49. The van der Waals surface area contributed by atoms with Gasteiger partial charge in [0.15, 0.2) is 0 Å². The van der Waals surface area contributed by atoms with Crippen LogP contribution in [0.4, 0.5) is 0 Å². The lowest BCUT2D eigenvalue weighted by Crippen LogP contribution is -2.55. The minimum atomic E-state index is 0.343. The smallest absolute Gasteiger partial charge is 0.222 e. The summed E-state index contributed by atoms with van der Waals surface area (Å²) in [5, 5.41) is 0. The quantitative estimate of drug-likeness (QED) is 0.657. The summed E-state index contributed by atoms with van der Waals surface area (Å²) in [5.74, 6) is 0.343. The third-order valence-corrected chi connectivity index (χ3v) is 3.49. The summed E-state index contributed by atoms with van der Waals surface area (Å²) in [7, 11) is 0. The average Bonchev–Trinajstić information content (AvgIpc) is 2.59. The molecule has 4 heteroatoms. The van der Waals surface area contributed by atoms with E-state index in [-0.39, 0.29) is 0 Å². The van der Waals surface area contributed by atoms with Gasteiger partial charge in [-0.25, -0.2) is 0 Å². The van der Waals surface area contributed by atoms with Crippen LogP contribution in [-0.2, 0) is 4.79 Å². The molecule has 0 aromatic heterocycles. The lowest BCUT2D eigenvalue weighted by Gasteiger charge is -2.40. The van der Waals surface area contributed by atoms with Crippen molar-refractivity contribution in [2.75, 3.05) is 26.2 Å². The molecule has 2 rings (SSSR count). The molecule has 2 saturated heterocycles. The van der Waals surface area contributed by atoms with Crippen LogP contribution < -0.4 is 5.73 Å².